The van der Waals surface area contributed by atoms with Crippen molar-refractivity contribution in [1.29, 1.82) is 0 Å². The number of carbonyl (C=O) groups is 1. The van der Waals surface area contributed by atoms with E-state index in [9.17, 15) is 4.79 Å². The minimum atomic E-state index is -1.83. The number of carbonyl (C=O) groups excluding carboxylic acids is 1. The monoisotopic (exact) mass is 601 g/mol. The number of benzene rings is 2. The summed E-state index contributed by atoms with van der Waals surface area (Å²) < 4.78 is 23.6. The summed E-state index contributed by atoms with van der Waals surface area (Å²) >= 11 is 0. The fraction of sp³-hybridized carbons (Fsp3) is 0.389. The van der Waals surface area contributed by atoms with Crippen LogP contribution in [0.5, 0.6) is 17.4 Å². The van der Waals surface area contributed by atoms with Crippen molar-refractivity contribution < 1.29 is 23.4 Å². The highest BCUT2D eigenvalue weighted by Crippen LogP contribution is 2.38. The maximum atomic E-state index is 13.5. The lowest BCUT2D eigenvalue weighted by molar-refractivity contribution is 0.104. The molecule has 43 heavy (non-hydrogen) atoms. The molecule has 0 radical (unpaired) electrons. The van der Waals surface area contributed by atoms with E-state index in [-0.39, 0.29) is 28.2 Å². The molecule has 1 atom stereocenters. The van der Waals surface area contributed by atoms with Gasteiger partial charge in [0.2, 0.25) is 5.88 Å². The van der Waals surface area contributed by atoms with Crippen LogP contribution in [0.25, 0.3) is 11.1 Å². The minimum absolute atomic E-state index is 0.162. The zero-order chi connectivity index (χ0) is 31.6. The Labute approximate surface area is 258 Å². The van der Waals surface area contributed by atoms with Gasteiger partial charge in [-0.25, -0.2) is 4.98 Å². The van der Waals surface area contributed by atoms with E-state index in [1.54, 1.807) is 19.4 Å². The fourth-order valence-electron chi connectivity index (χ4n) is 4.27. The number of nitrogens with zero attached hydrogens (tertiary/aromatic N) is 1. The molecule has 0 saturated heterocycles. The average molecular weight is 602 g/mol. The van der Waals surface area contributed by atoms with Gasteiger partial charge in [0.05, 0.1) is 14.2 Å². The molecule has 0 bridgehead atoms. The lowest BCUT2D eigenvalue weighted by atomic mass is 10.0. The summed E-state index contributed by atoms with van der Waals surface area (Å²) in [5.41, 5.74) is 3.91. The number of aromatic nitrogens is 1. The second-order valence-corrected chi connectivity index (χ2v) is 17.0. The third kappa shape index (κ3) is 9.15. The lowest BCUT2D eigenvalue weighted by Gasteiger charge is -2.37. The van der Waals surface area contributed by atoms with E-state index in [0.717, 1.165) is 28.9 Å². The molecule has 0 aliphatic heterocycles. The van der Waals surface area contributed by atoms with E-state index < -0.39 is 8.32 Å². The molecule has 1 heterocycles. The molecule has 0 spiro atoms. The Balaban J connectivity index is 1.80. The number of rotatable bonds is 14. The van der Waals surface area contributed by atoms with Gasteiger partial charge in [0, 0.05) is 18.4 Å². The topological polar surface area (TPSA) is 66.9 Å². The van der Waals surface area contributed by atoms with Crippen molar-refractivity contribution in [2.24, 2.45) is 5.92 Å². The maximum absolute atomic E-state index is 13.5. The zero-order valence-corrected chi connectivity index (χ0v) is 28.2. The van der Waals surface area contributed by atoms with E-state index in [2.05, 4.69) is 51.8 Å². The molecule has 0 aliphatic rings. The van der Waals surface area contributed by atoms with Gasteiger partial charge >= 0.3 is 0 Å². The van der Waals surface area contributed by atoms with Crippen molar-refractivity contribution >= 4 is 14.1 Å². The summed E-state index contributed by atoms with van der Waals surface area (Å²) in [7, 11) is 1.22. The van der Waals surface area contributed by atoms with Crippen LogP contribution >= 0.6 is 0 Å². The summed E-state index contributed by atoms with van der Waals surface area (Å²) in [6, 6.07) is 17.7. The van der Waals surface area contributed by atoms with Crippen LogP contribution in [-0.4, -0.2) is 39.9 Å². The van der Waals surface area contributed by atoms with Gasteiger partial charge in [-0.1, -0.05) is 87.9 Å². The summed E-state index contributed by atoms with van der Waals surface area (Å²) in [6.45, 7) is 16.6. The lowest BCUT2D eigenvalue weighted by Crippen LogP contribution is -2.41. The molecule has 6 nitrogen and oxygen atoms in total. The predicted octanol–water partition coefficient (Wildman–Crippen LogP) is 9.08. The number of hydrogen-bond acceptors (Lipinski definition) is 6. The number of methoxy groups -OCH3 is 2. The smallest absolute Gasteiger partial charge is 0.228 e. The molecule has 2 aromatic carbocycles. The van der Waals surface area contributed by atoms with Gasteiger partial charge in [-0.2, -0.15) is 0 Å². The van der Waals surface area contributed by atoms with Gasteiger partial charge in [0.15, 0.2) is 14.1 Å². The first-order valence-corrected chi connectivity index (χ1v) is 17.7. The second-order valence-electron chi connectivity index (χ2n) is 12.2. The normalized spacial score (nSPS) is 13.2. The molecular weight excluding hydrogens is 554 g/mol. The number of ether oxygens (including phenoxy) is 3. The summed E-state index contributed by atoms with van der Waals surface area (Å²) in [6.07, 6.45) is 8.19. The largest absolute Gasteiger partial charge is 0.495 e. The second kappa shape index (κ2) is 15.2. The fourth-order valence-corrected chi connectivity index (χ4v) is 5.34. The van der Waals surface area contributed by atoms with Crippen LogP contribution in [0.4, 0.5) is 0 Å². The van der Waals surface area contributed by atoms with Gasteiger partial charge in [-0.05, 0) is 66.7 Å². The Morgan fingerprint density at radius 3 is 2.23 bits per heavy atom. The molecule has 0 saturated carbocycles. The first-order valence-electron chi connectivity index (χ1n) is 14.8. The predicted molar refractivity (Wildman–Crippen MR) is 178 cm³/mol. The molecule has 0 fully saturated rings. The quantitative estimate of drug-likeness (QED) is 0.0795. The summed E-state index contributed by atoms with van der Waals surface area (Å²) in [5, 5.41) is 0.162. The molecule has 3 aromatic rings. The van der Waals surface area contributed by atoms with Gasteiger partial charge in [-0.3, -0.25) is 4.79 Å². The van der Waals surface area contributed by atoms with Gasteiger partial charge in [0.25, 0.3) is 0 Å². The highest BCUT2D eigenvalue weighted by Gasteiger charge is 2.37. The molecule has 3 rings (SSSR count). The first kappa shape index (κ1) is 33.8. The molecule has 7 heteroatoms. The minimum Gasteiger partial charge on any atom is -0.495 e. The van der Waals surface area contributed by atoms with Crippen molar-refractivity contribution in [2.75, 3.05) is 20.8 Å². The summed E-state index contributed by atoms with van der Waals surface area (Å²) in [4.78, 5) is 18.0. The van der Waals surface area contributed by atoms with Crippen LogP contribution in [0, 0.1) is 5.92 Å². The Kier molecular flexibility index (Phi) is 11.9. The Morgan fingerprint density at radius 2 is 1.65 bits per heavy atom. The van der Waals surface area contributed by atoms with Crippen molar-refractivity contribution in [3.63, 3.8) is 0 Å². The Bertz CT molecular complexity index is 1410. The maximum Gasteiger partial charge on any atom is 0.228 e. The third-order valence-electron chi connectivity index (χ3n) is 8.04. The van der Waals surface area contributed by atoms with Crippen LogP contribution in [0.1, 0.15) is 57.0 Å². The zero-order valence-electron chi connectivity index (χ0n) is 27.2. The van der Waals surface area contributed by atoms with E-state index in [4.69, 9.17) is 18.6 Å². The molecule has 1 unspecified atom stereocenters. The van der Waals surface area contributed by atoms with Crippen LogP contribution in [0.2, 0.25) is 18.1 Å². The highest BCUT2D eigenvalue weighted by molar-refractivity contribution is 6.74. The van der Waals surface area contributed by atoms with Crippen molar-refractivity contribution in [3.8, 4) is 28.5 Å². The van der Waals surface area contributed by atoms with Crippen LogP contribution in [0.3, 0.4) is 0 Å². The van der Waals surface area contributed by atoms with E-state index in [1.165, 1.54) is 7.11 Å². The average Bonchev–Trinajstić information content (AvgIpc) is 3.00. The van der Waals surface area contributed by atoms with E-state index in [1.807, 2.05) is 67.6 Å². The number of hydrogen-bond donors (Lipinski definition) is 0. The third-order valence-corrected chi connectivity index (χ3v) is 12.5. The Morgan fingerprint density at radius 1 is 0.977 bits per heavy atom. The van der Waals surface area contributed by atoms with Gasteiger partial charge < -0.3 is 18.6 Å². The molecule has 230 valence electrons. The van der Waals surface area contributed by atoms with Crippen molar-refractivity contribution in [3.05, 3.63) is 95.7 Å². The number of ketones is 1. The molecule has 0 N–H and O–H groups in total. The van der Waals surface area contributed by atoms with Crippen molar-refractivity contribution in [1.82, 2.24) is 4.98 Å². The summed E-state index contributed by atoms with van der Waals surface area (Å²) in [5.74, 6) is 1.39. The van der Waals surface area contributed by atoms with Crippen molar-refractivity contribution in [2.45, 2.75) is 65.8 Å². The van der Waals surface area contributed by atoms with Gasteiger partial charge in [-0.15, -0.1) is 0 Å². The highest BCUT2D eigenvalue weighted by atomic mass is 28.4. The van der Waals surface area contributed by atoms with Crippen LogP contribution in [0.15, 0.2) is 84.6 Å². The molecule has 0 amide bonds. The Hall–Kier alpha value is -3.68. The standard InChI is InChI=1S/C36H47NO5Si/c1-10-27(25-42-43(8,9)36(3,4)5)22-26(2)16-21-32(38)33-34(39-6)31(23-37-35(33)40-7)29-17-19-30(20-18-29)41-24-28-14-12-11-13-15-28/h11-23,27H,10,24-25H2,1-9H3/b21-16+,26-22+. The van der Waals surface area contributed by atoms with E-state index in [0.29, 0.717) is 24.5 Å². The number of pyridine rings is 1. The SMILES string of the molecule is CCC(/C=C(C)/C=C/C(=O)c1c(OC)ncc(-c2ccc(OCc3ccccc3)cc2)c1OC)CO[Si](C)(C)C(C)(C)C. The van der Waals surface area contributed by atoms with Crippen LogP contribution < -0.4 is 14.2 Å². The molecular formula is C36H47NO5Si. The van der Waals surface area contributed by atoms with Crippen LogP contribution in [-0.2, 0) is 11.0 Å². The molecule has 1 aromatic heterocycles. The number of allylic oxidation sites excluding steroid dienone is 3. The van der Waals surface area contributed by atoms with E-state index >= 15 is 0 Å². The first-order chi connectivity index (χ1) is 20.4. The molecule has 0 aliphatic carbocycles. The van der Waals surface area contributed by atoms with Gasteiger partial charge in [0.1, 0.15) is 23.7 Å².